The van der Waals surface area contributed by atoms with E-state index in [4.69, 9.17) is 17.3 Å². The Balaban J connectivity index is 1.80. The Bertz CT molecular complexity index is 907. The smallest absolute Gasteiger partial charge is 0.154 e. The number of rotatable bonds is 6. The van der Waals surface area contributed by atoms with Crippen molar-refractivity contribution >= 4 is 27.3 Å². The number of nitrogens with zero attached hydrogens (tertiary/aromatic N) is 5. The monoisotopic (exact) mass is 413 g/mol. The van der Waals surface area contributed by atoms with Crippen LogP contribution in [-0.4, -0.2) is 52.9 Å². The Morgan fingerprint density at radius 3 is 2.52 bits per heavy atom. The van der Waals surface area contributed by atoms with Gasteiger partial charge in [-0.25, -0.2) is 23.4 Å². The summed E-state index contributed by atoms with van der Waals surface area (Å²) in [6.07, 6.45) is 3.58. The Hall–Kier alpha value is -1.78. The lowest BCUT2D eigenvalue weighted by molar-refractivity contribution is 0.483. The average molecular weight is 414 g/mol. The molecule has 3 rings (SSSR count). The van der Waals surface area contributed by atoms with Crippen LogP contribution in [0.25, 0.3) is 0 Å². The van der Waals surface area contributed by atoms with Gasteiger partial charge < -0.3 is 10.6 Å². The summed E-state index contributed by atoms with van der Waals surface area (Å²) in [6, 6.07) is 0. The minimum atomic E-state index is -3.24. The predicted octanol–water partition coefficient (Wildman–Crippen LogP) is 1.20. The molecular weight excluding hydrogens is 390 g/mol. The first-order valence-electron chi connectivity index (χ1n) is 8.90. The van der Waals surface area contributed by atoms with Gasteiger partial charge in [-0.05, 0) is 19.3 Å². The van der Waals surface area contributed by atoms with Crippen molar-refractivity contribution in [2.75, 3.05) is 24.2 Å². The molecule has 0 bridgehead atoms. The molecule has 1 aliphatic rings. The van der Waals surface area contributed by atoms with Gasteiger partial charge in [0.15, 0.2) is 15.7 Å². The lowest BCUT2D eigenvalue weighted by Crippen LogP contribution is -2.35. The summed E-state index contributed by atoms with van der Waals surface area (Å²) in [7, 11) is -3.24. The molecule has 0 aliphatic carbocycles. The molecule has 11 heteroatoms. The van der Waals surface area contributed by atoms with Crippen LogP contribution < -0.4 is 10.6 Å². The Kier molecular flexibility index (Phi) is 5.97. The van der Waals surface area contributed by atoms with E-state index in [1.807, 2.05) is 6.92 Å². The Morgan fingerprint density at radius 1 is 1.26 bits per heavy atom. The van der Waals surface area contributed by atoms with E-state index in [0.29, 0.717) is 23.9 Å². The standard InChI is InChI=1S/C16H24ClN7O2S/c1-3-11-14(17)19-13(9-27(2,25)26)21-16(11)24-6-4-10(5-7-24)15-20-12(8-18)22-23-15/h10H,3-9,18H2,1-2H3,(H,20,22,23). The minimum absolute atomic E-state index is 0.223. The third-order valence-electron chi connectivity index (χ3n) is 4.63. The molecule has 0 saturated carbocycles. The first-order chi connectivity index (χ1) is 12.8. The normalized spacial score (nSPS) is 16.1. The quantitative estimate of drug-likeness (QED) is 0.675. The molecule has 0 atom stereocenters. The van der Waals surface area contributed by atoms with Gasteiger partial charge in [0, 0.05) is 30.8 Å². The van der Waals surface area contributed by atoms with Crippen LogP contribution >= 0.6 is 11.6 Å². The van der Waals surface area contributed by atoms with Crippen molar-refractivity contribution in [1.82, 2.24) is 25.1 Å². The number of sulfone groups is 1. The molecule has 3 heterocycles. The van der Waals surface area contributed by atoms with Gasteiger partial charge in [0.25, 0.3) is 0 Å². The third kappa shape index (κ3) is 4.74. The second kappa shape index (κ2) is 8.07. The van der Waals surface area contributed by atoms with Crippen LogP contribution in [0.15, 0.2) is 0 Å². The number of H-pyrrole nitrogens is 1. The second-order valence-electron chi connectivity index (χ2n) is 6.76. The molecular formula is C16H24ClN7O2S. The van der Waals surface area contributed by atoms with Gasteiger partial charge in [0.2, 0.25) is 0 Å². The van der Waals surface area contributed by atoms with Gasteiger partial charge in [-0.1, -0.05) is 18.5 Å². The van der Waals surface area contributed by atoms with Crippen molar-refractivity contribution in [3.8, 4) is 0 Å². The van der Waals surface area contributed by atoms with Gasteiger partial charge in [0.1, 0.15) is 28.4 Å². The molecule has 0 aromatic carbocycles. The first-order valence-corrected chi connectivity index (χ1v) is 11.3. The lowest BCUT2D eigenvalue weighted by atomic mass is 9.96. The van der Waals surface area contributed by atoms with Gasteiger partial charge in [-0.2, -0.15) is 5.10 Å². The number of aromatic nitrogens is 5. The van der Waals surface area contributed by atoms with E-state index in [2.05, 4.69) is 30.0 Å². The highest BCUT2D eigenvalue weighted by Crippen LogP contribution is 2.32. The lowest BCUT2D eigenvalue weighted by Gasteiger charge is -2.33. The SMILES string of the molecule is CCc1c(Cl)nc(CS(C)(=O)=O)nc1N1CCC(c2n[nH]c(CN)n2)CC1. The largest absolute Gasteiger partial charge is 0.356 e. The maximum absolute atomic E-state index is 11.6. The number of aromatic amines is 1. The van der Waals surface area contributed by atoms with Crippen molar-refractivity contribution in [3.63, 3.8) is 0 Å². The predicted molar refractivity (Wildman–Crippen MR) is 103 cm³/mol. The molecule has 2 aromatic rings. The molecule has 1 fully saturated rings. The van der Waals surface area contributed by atoms with E-state index in [9.17, 15) is 8.42 Å². The van der Waals surface area contributed by atoms with E-state index in [0.717, 1.165) is 49.4 Å². The van der Waals surface area contributed by atoms with Crippen LogP contribution in [-0.2, 0) is 28.6 Å². The molecule has 0 amide bonds. The fraction of sp³-hybridized carbons (Fsp3) is 0.625. The molecule has 148 valence electrons. The van der Waals surface area contributed by atoms with Crippen LogP contribution in [0.4, 0.5) is 5.82 Å². The van der Waals surface area contributed by atoms with Crippen molar-refractivity contribution < 1.29 is 8.42 Å². The molecule has 1 saturated heterocycles. The Morgan fingerprint density at radius 2 is 1.96 bits per heavy atom. The van der Waals surface area contributed by atoms with Crippen LogP contribution in [0.3, 0.4) is 0 Å². The van der Waals surface area contributed by atoms with E-state index in [1.54, 1.807) is 0 Å². The molecule has 9 nitrogen and oxygen atoms in total. The Labute approximate surface area is 163 Å². The first kappa shape index (κ1) is 20.0. The van der Waals surface area contributed by atoms with E-state index in [1.165, 1.54) is 0 Å². The van der Waals surface area contributed by atoms with Crippen molar-refractivity contribution in [2.24, 2.45) is 5.73 Å². The maximum atomic E-state index is 11.6. The number of anilines is 1. The zero-order chi connectivity index (χ0) is 19.6. The van der Waals surface area contributed by atoms with Gasteiger partial charge in [0.05, 0.1) is 6.54 Å². The molecule has 2 aromatic heterocycles. The summed E-state index contributed by atoms with van der Waals surface area (Å²) in [6.45, 7) is 3.85. The van der Waals surface area contributed by atoms with E-state index in [-0.39, 0.29) is 17.5 Å². The average Bonchev–Trinajstić information content (AvgIpc) is 3.09. The molecule has 3 N–H and O–H groups in total. The zero-order valence-corrected chi connectivity index (χ0v) is 17.0. The zero-order valence-electron chi connectivity index (χ0n) is 15.4. The number of halogens is 1. The minimum Gasteiger partial charge on any atom is -0.356 e. The van der Waals surface area contributed by atoms with Crippen LogP contribution in [0.1, 0.15) is 48.7 Å². The van der Waals surface area contributed by atoms with Crippen molar-refractivity contribution in [1.29, 1.82) is 0 Å². The summed E-state index contributed by atoms with van der Waals surface area (Å²) in [5.41, 5.74) is 6.43. The summed E-state index contributed by atoms with van der Waals surface area (Å²) < 4.78 is 23.2. The van der Waals surface area contributed by atoms with E-state index < -0.39 is 9.84 Å². The molecule has 0 spiro atoms. The summed E-state index contributed by atoms with van der Waals surface area (Å²) in [5.74, 6) is 2.48. The summed E-state index contributed by atoms with van der Waals surface area (Å²) in [5, 5.41) is 7.44. The third-order valence-corrected chi connectivity index (χ3v) is 5.72. The molecule has 0 unspecified atom stereocenters. The summed E-state index contributed by atoms with van der Waals surface area (Å²) >= 11 is 6.32. The van der Waals surface area contributed by atoms with Crippen LogP contribution in [0, 0.1) is 0 Å². The second-order valence-corrected chi connectivity index (χ2v) is 9.26. The molecule has 1 aliphatic heterocycles. The topological polar surface area (TPSA) is 131 Å². The number of hydrogen-bond donors (Lipinski definition) is 2. The fourth-order valence-corrected chi connectivity index (χ4v) is 4.20. The number of hydrogen-bond acceptors (Lipinski definition) is 8. The number of piperidine rings is 1. The van der Waals surface area contributed by atoms with Crippen molar-refractivity contribution in [2.45, 2.75) is 44.4 Å². The molecule has 27 heavy (non-hydrogen) atoms. The maximum Gasteiger partial charge on any atom is 0.154 e. The van der Waals surface area contributed by atoms with Gasteiger partial charge in [-0.15, -0.1) is 0 Å². The van der Waals surface area contributed by atoms with E-state index >= 15 is 0 Å². The van der Waals surface area contributed by atoms with Gasteiger partial charge >= 0.3 is 0 Å². The van der Waals surface area contributed by atoms with Crippen LogP contribution in [0.5, 0.6) is 0 Å². The highest BCUT2D eigenvalue weighted by Gasteiger charge is 2.27. The number of nitrogens with two attached hydrogens (primary N) is 1. The highest BCUT2D eigenvalue weighted by molar-refractivity contribution is 7.89. The fourth-order valence-electron chi connectivity index (χ4n) is 3.29. The molecule has 0 radical (unpaired) electrons. The van der Waals surface area contributed by atoms with Crippen LogP contribution in [0.2, 0.25) is 5.15 Å². The number of nitrogens with one attached hydrogen (secondary N) is 1. The highest BCUT2D eigenvalue weighted by atomic mass is 35.5. The summed E-state index contributed by atoms with van der Waals surface area (Å²) in [4.78, 5) is 15.3. The van der Waals surface area contributed by atoms with Gasteiger partial charge in [-0.3, -0.25) is 5.10 Å². The van der Waals surface area contributed by atoms with Crippen molar-refractivity contribution in [3.05, 3.63) is 28.2 Å².